The lowest BCUT2D eigenvalue weighted by Gasteiger charge is -2.27. The first-order valence-corrected chi connectivity index (χ1v) is 8.22. The van der Waals surface area contributed by atoms with Gasteiger partial charge in [-0.05, 0) is 44.0 Å². The molecule has 0 aromatic heterocycles. The largest absolute Gasteiger partial charge is 0.355 e. The van der Waals surface area contributed by atoms with Crippen molar-refractivity contribution in [2.75, 3.05) is 31.5 Å². The molecule has 1 fully saturated rings. The number of hydrogen-bond donors (Lipinski definition) is 2. The van der Waals surface area contributed by atoms with Crippen LogP contribution in [0, 0.1) is 0 Å². The first kappa shape index (κ1) is 13.6. The molecule has 0 atom stereocenters. The van der Waals surface area contributed by atoms with Crippen LogP contribution in [-0.4, -0.2) is 36.9 Å². The van der Waals surface area contributed by atoms with Gasteiger partial charge in [-0.1, -0.05) is 18.2 Å². The number of para-hydroxylation sites is 2. The number of nitrogens with zero attached hydrogens (tertiary/aromatic N) is 2. The van der Waals surface area contributed by atoms with Crippen LogP contribution in [0.15, 0.2) is 52.7 Å². The van der Waals surface area contributed by atoms with Crippen molar-refractivity contribution in [3.05, 3.63) is 47.7 Å². The molecule has 1 aromatic carbocycles. The van der Waals surface area contributed by atoms with E-state index >= 15 is 0 Å². The fraction of sp³-hybridized carbons (Fsp3) is 0.389. The quantitative estimate of drug-likeness (QED) is 0.772. The fourth-order valence-electron chi connectivity index (χ4n) is 3.34. The SMILES string of the molecule is C1=CC2=C(CC1)C(N1CCCNCC1)=Nc1ccccc1N2. The van der Waals surface area contributed by atoms with Crippen LogP contribution in [0.3, 0.4) is 0 Å². The van der Waals surface area contributed by atoms with Gasteiger partial charge in [-0.25, -0.2) is 4.99 Å². The van der Waals surface area contributed by atoms with Gasteiger partial charge in [0, 0.05) is 30.9 Å². The van der Waals surface area contributed by atoms with Crippen molar-refractivity contribution in [1.82, 2.24) is 10.2 Å². The average Bonchev–Trinajstić information content (AvgIpc) is 2.91. The molecule has 4 heteroatoms. The molecule has 0 amide bonds. The third-order valence-electron chi connectivity index (χ3n) is 4.48. The van der Waals surface area contributed by atoms with Crippen molar-refractivity contribution >= 4 is 17.2 Å². The fourth-order valence-corrected chi connectivity index (χ4v) is 3.34. The van der Waals surface area contributed by atoms with Crippen LogP contribution in [-0.2, 0) is 0 Å². The molecule has 2 heterocycles. The van der Waals surface area contributed by atoms with E-state index in [2.05, 4.69) is 52.0 Å². The Hall–Kier alpha value is -2.07. The molecule has 0 spiro atoms. The van der Waals surface area contributed by atoms with Crippen molar-refractivity contribution < 1.29 is 0 Å². The topological polar surface area (TPSA) is 39.7 Å². The van der Waals surface area contributed by atoms with E-state index < -0.39 is 0 Å². The van der Waals surface area contributed by atoms with Crippen LogP contribution in [0.5, 0.6) is 0 Å². The second-order valence-corrected chi connectivity index (χ2v) is 6.00. The standard InChI is InChI=1S/C18H22N4/c1-2-7-15-14(6-1)18(22-12-5-10-19-11-13-22)21-17-9-4-3-8-16(17)20-15/h2-4,7-9,19-20H,1,5-6,10-13H2. The van der Waals surface area contributed by atoms with Crippen molar-refractivity contribution in [1.29, 1.82) is 0 Å². The van der Waals surface area contributed by atoms with E-state index in [1.165, 1.54) is 23.5 Å². The van der Waals surface area contributed by atoms with Crippen LogP contribution in [0.1, 0.15) is 19.3 Å². The van der Waals surface area contributed by atoms with E-state index in [-0.39, 0.29) is 0 Å². The highest BCUT2D eigenvalue weighted by Crippen LogP contribution is 2.34. The van der Waals surface area contributed by atoms with Crippen LogP contribution >= 0.6 is 0 Å². The van der Waals surface area contributed by atoms with E-state index in [0.717, 1.165) is 50.4 Å². The molecule has 0 saturated carbocycles. The number of fused-ring (bicyclic) bond motifs is 1. The third kappa shape index (κ3) is 2.55. The second kappa shape index (κ2) is 5.97. The van der Waals surface area contributed by atoms with Gasteiger partial charge in [0.25, 0.3) is 0 Å². The van der Waals surface area contributed by atoms with Gasteiger partial charge in [-0.3, -0.25) is 0 Å². The number of hydrogen-bond acceptors (Lipinski definition) is 4. The molecular weight excluding hydrogens is 272 g/mol. The van der Waals surface area contributed by atoms with E-state index in [1.54, 1.807) is 0 Å². The zero-order chi connectivity index (χ0) is 14.8. The monoisotopic (exact) mass is 294 g/mol. The normalized spacial score (nSPS) is 21.3. The Kier molecular flexibility index (Phi) is 3.69. The van der Waals surface area contributed by atoms with Gasteiger partial charge in [0.2, 0.25) is 0 Å². The summed E-state index contributed by atoms with van der Waals surface area (Å²) >= 11 is 0. The van der Waals surface area contributed by atoms with Crippen molar-refractivity contribution in [2.45, 2.75) is 19.3 Å². The summed E-state index contributed by atoms with van der Waals surface area (Å²) in [6.45, 7) is 4.24. The van der Waals surface area contributed by atoms with E-state index in [1.807, 2.05) is 0 Å². The van der Waals surface area contributed by atoms with E-state index in [0.29, 0.717) is 0 Å². The third-order valence-corrected chi connectivity index (χ3v) is 4.48. The molecule has 4 nitrogen and oxygen atoms in total. The summed E-state index contributed by atoms with van der Waals surface area (Å²) < 4.78 is 0. The van der Waals surface area contributed by atoms with Crippen LogP contribution < -0.4 is 10.6 Å². The maximum atomic E-state index is 5.05. The summed E-state index contributed by atoms with van der Waals surface area (Å²) in [5, 5.41) is 7.06. The van der Waals surface area contributed by atoms with Crippen LogP contribution in [0.25, 0.3) is 0 Å². The van der Waals surface area contributed by atoms with Gasteiger partial charge in [0.1, 0.15) is 5.84 Å². The predicted molar refractivity (Wildman–Crippen MR) is 91.6 cm³/mol. The Morgan fingerprint density at radius 3 is 3.05 bits per heavy atom. The lowest BCUT2D eigenvalue weighted by molar-refractivity contribution is 0.445. The molecule has 2 N–H and O–H groups in total. The molecule has 0 bridgehead atoms. The van der Waals surface area contributed by atoms with Gasteiger partial charge in [-0.2, -0.15) is 0 Å². The minimum absolute atomic E-state index is 1.03. The number of benzene rings is 1. The van der Waals surface area contributed by atoms with Gasteiger partial charge >= 0.3 is 0 Å². The molecule has 1 aliphatic carbocycles. The molecule has 0 unspecified atom stereocenters. The maximum absolute atomic E-state index is 5.05. The Bertz CT molecular complexity index is 649. The first-order chi connectivity index (χ1) is 10.9. The Balaban J connectivity index is 1.80. The summed E-state index contributed by atoms with van der Waals surface area (Å²) in [5.74, 6) is 1.17. The highest BCUT2D eigenvalue weighted by molar-refractivity contribution is 6.03. The molecule has 2 aliphatic heterocycles. The number of amidine groups is 1. The average molecular weight is 294 g/mol. The number of aliphatic imine (C=N–C) groups is 1. The molecule has 22 heavy (non-hydrogen) atoms. The summed E-state index contributed by atoms with van der Waals surface area (Å²) in [6, 6.07) is 8.33. The highest BCUT2D eigenvalue weighted by atomic mass is 15.2. The van der Waals surface area contributed by atoms with E-state index in [9.17, 15) is 0 Å². The summed E-state index contributed by atoms with van der Waals surface area (Å²) in [5.41, 5.74) is 4.72. The first-order valence-electron chi connectivity index (χ1n) is 8.22. The molecule has 114 valence electrons. The van der Waals surface area contributed by atoms with Crippen molar-refractivity contribution in [2.24, 2.45) is 4.99 Å². The maximum Gasteiger partial charge on any atom is 0.134 e. The van der Waals surface area contributed by atoms with E-state index in [4.69, 9.17) is 4.99 Å². The number of allylic oxidation sites excluding steroid dienone is 2. The van der Waals surface area contributed by atoms with Gasteiger partial charge in [-0.15, -0.1) is 0 Å². The lowest BCUT2D eigenvalue weighted by atomic mass is 10.00. The highest BCUT2D eigenvalue weighted by Gasteiger charge is 2.24. The molecule has 4 rings (SSSR count). The molecule has 0 radical (unpaired) electrons. The predicted octanol–water partition coefficient (Wildman–Crippen LogP) is 3.04. The minimum Gasteiger partial charge on any atom is -0.355 e. The zero-order valence-electron chi connectivity index (χ0n) is 12.8. The number of anilines is 1. The Labute approximate surface area is 131 Å². The Morgan fingerprint density at radius 2 is 2.05 bits per heavy atom. The van der Waals surface area contributed by atoms with Gasteiger partial charge in [0.15, 0.2) is 0 Å². The Morgan fingerprint density at radius 1 is 1.09 bits per heavy atom. The van der Waals surface area contributed by atoms with Crippen molar-refractivity contribution in [3.8, 4) is 0 Å². The van der Waals surface area contributed by atoms with Crippen molar-refractivity contribution in [3.63, 3.8) is 0 Å². The van der Waals surface area contributed by atoms with Crippen LogP contribution in [0.2, 0.25) is 0 Å². The number of nitrogens with one attached hydrogen (secondary N) is 2. The summed E-state index contributed by atoms with van der Waals surface area (Å²) in [7, 11) is 0. The van der Waals surface area contributed by atoms with Gasteiger partial charge < -0.3 is 15.5 Å². The molecular formula is C18H22N4. The second-order valence-electron chi connectivity index (χ2n) is 6.00. The zero-order valence-corrected chi connectivity index (χ0v) is 12.8. The number of rotatable bonds is 0. The smallest absolute Gasteiger partial charge is 0.134 e. The molecule has 3 aliphatic rings. The molecule has 1 aromatic rings. The summed E-state index contributed by atoms with van der Waals surface area (Å²) in [6.07, 6.45) is 7.80. The molecule has 1 saturated heterocycles. The summed E-state index contributed by atoms with van der Waals surface area (Å²) in [4.78, 5) is 7.51. The van der Waals surface area contributed by atoms with Crippen LogP contribution in [0.4, 0.5) is 11.4 Å². The lowest BCUT2D eigenvalue weighted by Crippen LogP contribution is -2.36. The van der Waals surface area contributed by atoms with Gasteiger partial charge in [0.05, 0.1) is 11.4 Å². The minimum atomic E-state index is 1.03.